The van der Waals surface area contributed by atoms with Crippen molar-refractivity contribution in [2.75, 3.05) is 12.4 Å². The minimum absolute atomic E-state index is 0.309. The lowest BCUT2D eigenvalue weighted by molar-refractivity contribution is -0.138. The molecule has 0 radical (unpaired) electrons. The van der Waals surface area contributed by atoms with Crippen molar-refractivity contribution in [2.45, 2.75) is 11.8 Å². The van der Waals surface area contributed by atoms with Gasteiger partial charge in [-0.1, -0.05) is 36.9 Å². The Balaban J connectivity index is 2.02. The minimum atomic E-state index is -0.309. The van der Waals surface area contributed by atoms with Crippen LogP contribution in [-0.4, -0.2) is 18.3 Å². The molecule has 0 bridgehead atoms. The number of hydrogen-bond donors (Lipinski definition) is 0. The van der Waals surface area contributed by atoms with Gasteiger partial charge in [-0.2, -0.15) is 0 Å². The summed E-state index contributed by atoms with van der Waals surface area (Å²) in [5.41, 5.74) is 0.500. The van der Waals surface area contributed by atoms with Gasteiger partial charge >= 0.3 is 5.97 Å². The summed E-state index contributed by atoms with van der Waals surface area (Å²) in [4.78, 5) is 12.6. The van der Waals surface area contributed by atoms with Crippen molar-refractivity contribution in [3.05, 3.63) is 54.6 Å². The van der Waals surface area contributed by atoms with Gasteiger partial charge in [0, 0.05) is 16.2 Å². The van der Waals surface area contributed by atoms with Crippen LogP contribution in [0.25, 0.3) is 10.8 Å². The Bertz CT molecular complexity index is 604. The van der Waals surface area contributed by atoms with Gasteiger partial charge in [0.25, 0.3) is 0 Å². The molecule has 0 fully saturated rings. The molecular formula is C16H16O2S. The van der Waals surface area contributed by atoms with Gasteiger partial charge in [-0.25, -0.2) is 4.79 Å². The van der Waals surface area contributed by atoms with Crippen LogP contribution in [0.15, 0.2) is 59.5 Å². The molecule has 0 aliphatic carbocycles. The second-order valence-electron chi connectivity index (χ2n) is 4.12. The van der Waals surface area contributed by atoms with E-state index < -0.39 is 0 Å². The van der Waals surface area contributed by atoms with Crippen LogP contribution < -0.4 is 0 Å². The van der Waals surface area contributed by atoms with Gasteiger partial charge in [0.2, 0.25) is 0 Å². The fourth-order valence-corrected chi connectivity index (χ4v) is 2.55. The van der Waals surface area contributed by atoms with Crippen LogP contribution in [0.3, 0.4) is 0 Å². The predicted molar refractivity (Wildman–Crippen MR) is 80.4 cm³/mol. The number of carbonyl (C=O) groups is 1. The highest BCUT2D eigenvalue weighted by atomic mass is 32.2. The molecule has 0 spiro atoms. The molecule has 2 aromatic carbocycles. The third kappa shape index (κ3) is 3.61. The Kier molecular flexibility index (Phi) is 4.63. The molecule has 2 aromatic rings. The highest BCUT2D eigenvalue weighted by molar-refractivity contribution is 7.99. The van der Waals surface area contributed by atoms with Crippen molar-refractivity contribution in [1.29, 1.82) is 0 Å². The van der Waals surface area contributed by atoms with Crippen LogP contribution in [0, 0.1) is 0 Å². The lowest BCUT2D eigenvalue weighted by Gasteiger charge is -2.06. The third-order valence-electron chi connectivity index (χ3n) is 2.70. The lowest BCUT2D eigenvalue weighted by atomic mass is 10.1. The summed E-state index contributed by atoms with van der Waals surface area (Å²) in [6.45, 7) is 5.94. The van der Waals surface area contributed by atoms with E-state index in [1.54, 1.807) is 18.7 Å². The first-order chi connectivity index (χ1) is 9.20. The van der Waals surface area contributed by atoms with Gasteiger partial charge in [0.05, 0.1) is 6.61 Å². The van der Waals surface area contributed by atoms with Crippen LogP contribution in [0.4, 0.5) is 0 Å². The Morgan fingerprint density at radius 2 is 1.95 bits per heavy atom. The van der Waals surface area contributed by atoms with Crippen LogP contribution in [0.5, 0.6) is 0 Å². The van der Waals surface area contributed by atoms with Crippen LogP contribution in [0.1, 0.15) is 6.92 Å². The lowest BCUT2D eigenvalue weighted by Crippen LogP contribution is -2.08. The van der Waals surface area contributed by atoms with Crippen molar-refractivity contribution in [1.82, 2.24) is 0 Å². The van der Waals surface area contributed by atoms with Crippen LogP contribution in [-0.2, 0) is 9.53 Å². The maximum Gasteiger partial charge on any atom is 0.334 e. The highest BCUT2D eigenvalue weighted by Gasteiger charge is 2.08. The molecule has 0 amide bonds. The SMILES string of the molecule is C=C(CSc1ccc2ccccc2c1)C(=O)OCC. The number of rotatable bonds is 5. The summed E-state index contributed by atoms with van der Waals surface area (Å²) in [6, 6.07) is 14.5. The van der Waals surface area contributed by atoms with Crippen LogP contribution >= 0.6 is 11.8 Å². The topological polar surface area (TPSA) is 26.3 Å². The second kappa shape index (κ2) is 6.43. The molecule has 2 nitrogen and oxygen atoms in total. The van der Waals surface area contributed by atoms with Gasteiger partial charge in [0.15, 0.2) is 0 Å². The molecular weight excluding hydrogens is 256 g/mol. The highest BCUT2D eigenvalue weighted by Crippen LogP contribution is 2.25. The zero-order valence-corrected chi connectivity index (χ0v) is 11.7. The Morgan fingerprint density at radius 3 is 2.68 bits per heavy atom. The van der Waals surface area contributed by atoms with Gasteiger partial charge < -0.3 is 4.74 Å². The van der Waals surface area contributed by atoms with E-state index in [2.05, 4.69) is 36.9 Å². The molecule has 98 valence electrons. The Labute approximate surface area is 117 Å². The maximum absolute atomic E-state index is 11.4. The third-order valence-corrected chi connectivity index (χ3v) is 3.78. The van der Waals surface area contributed by atoms with E-state index in [1.165, 1.54) is 10.8 Å². The van der Waals surface area contributed by atoms with E-state index in [1.807, 2.05) is 12.1 Å². The maximum atomic E-state index is 11.4. The molecule has 0 saturated carbocycles. The van der Waals surface area contributed by atoms with E-state index in [9.17, 15) is 4.79 Å². The summed E-state index contributed by atoms with van der Waals surface area (Å²) in [7, 11) is 0. The number of esters is 1. The molecule has 0 atom stereocenters. The summed E-state index contributed by atoms with van der Waals surface area (Å²) in [5.74, 6) is 0.243. The van der Waals surface area contributed by atoms with Gasteiger partial charge in [-0.15, -0.1) is 11.8 Å². The van der Waals surface area contributed by atoms with Gasteiger partial charge in [-0.05, 0) is 29.8 Å². The number of carbonyl (C=O) groups excluding carboxylic acids is 1. The fourth-order valence-electron chi connectivity index (χ4n) is 1.72. The van der Waals surface area contributed by atoms with Crippen molar-refractivity contribution < 1.29 is 9.53 Å². The van der Waals surface area contributed by atoms with Crippen molar-refractivity contribution in [3.63, 3.8) is 0 Å². The molecule has 0 N–H and O–H groups in total. The molecule has 2 rings (SSSR count). The molecule has 0 aromatic heterocycles. The summed E-state index contributed by atoms with van der Waals surface area (Å²) < 4.78 is 4.91. The van der Waals surface area contributed by atoms with Gasteiger partial charge in [0.1, 0.15) is 0 Å². The average molecular weight is 272 g/mol. The molecule has 0 saturated heterocycles. The molecule has 3 heteroatoms. The first-order valence-electron chi connectivity index (χ1n) is 6.17. The largest absolute Gasteiger partial charge is 0.463 e. The number of fused-ring (bicyclic) bond motifs is 1. The quantitative estimate of drug-likeness (QED) is 0.466. The molecule has 0 heterocycles. The summed E-state index contributed by atoms with van der Waals surface area (Å²) in [6.07, 6.45) is 0. The fraction of sp³-hybridized carbons (Fsp3) is 0.188. The monoisotopic (exact) mass is 272 g/mol. The number of ether oxygens (including phenoxy) is 1. The first kappa shape index (κ1) is 13.7. The van der Waals surface area contributed by atoms with Crippen molar-refractivity contribution in [2.24, 2.45) is 0 Å². The summed E-state index contributed by atoms with van der Waals surface area (Å²) in [5, 5.41) is 2.42. The molecule has 0 unspecified atom stereocenters. The standard InChI is InChI=1S/C16H16O2S/c1-3-18-16(17)12(2)11-19-15-9-8-13-6-4-5-7-14(13)10-15/h4-10H,2-3,11H2,1H3. The zero-order chi connectivity index (χ0) is 13.7. The van der Waals surface area contributed by atoms with E-state index in [0.717, 1.165) is 4.90 Å². The van der Waals surface area contributed by atoms with Crippen LogP contribution in [0.2, 0.25) is 0 Å². The Morgan fingerprint density at radius 1 is 1.21 bits per heavy atom. The first-order valence-corrected chi connectivity index (χ1v) is 7.15. The number of benzene rings is 2. The number of hydrogen-bond acceptors (Lipinski definition) is 3. The van der Waals surface area contributed by atoms with E-state index in [4.69, 9.17) is 4.74 Å². The van der Waals surface area contributed by atoms with Gasteiger partial charge in [-0.3, -0.25) is 0 Å². The predicted octanol–water partition coefficient (Wildman–Crippen LogP) is 4.05. The van der Waals surface area contributed by atoms with E-state index in [0.29, 0.717) is 17.9 Å². The van der Waals surface area contributed by atoms with E-state index >= 15 is 0 Å². The average Bonchev–Trinajstić information content (AvgIpc) is 2.44. The molecule has 0 aliphatic heterocycles. The number of thioether (sulfide) groups is 1. The smallest absolute Gasteiger partial charge is 0.334 e. The normalized spacial score (nSPS) is 10.4. The van der Waals surface area contributed by atoms with Crippen molar-refractivity contribution >= 4 is 28.5 Å². The molecule has 19 heavy (non-hydrogen) atoms. The van der Waals surface area contributed by atoms with E-state index in [-0.39, 0.29) is 5.97 Å². The second-order valence-corrected chi connectivity index (χ2v) is 5.17. The Hall–Kier alpha value is -1.74. The summed E-state index contributed by atoms with van der Waals surface area (Å²) >= 11 is 1.60. The molecule has 0 aliphatic rings. The zero-order valence-electron chi connectivity index (χ0n) is 10.9. The van der Waals surface area contributed by atoms with Crippen molar-refractivity contribution in [3.8, 4) is 0 Å². The minimum Gasteiger partial charge on any atom is -0.463 e.